The number of hydrogen-bond acceptors (Lipinski definition) is 6. The molecule has 0 aliphatic carbocycles. The average molecular weight is 406 g/mol. The lowest BCUT2D eigenvalue weighted by Gasteiger charge is -2.26. The molecule has 0 fully saturated rings. The van der Waals surface area contributed by atoms with Gasteiger partial charge in [0.05, 0.1) is 23.6 Å². The summed E-state index contributed by atoms with van der Waals surface area (Å²) in [6.45, 7) is 1.82. The molecule has 1 aliphatic rings. The third-order valence-electron chi connectivity index (χ3n) is 4.75. The first-order valence-electron chi connectivity index (χ1n) is 8.93. The Morgan fingerprint density at radius 2 is 1.90 bits per heavy atom. The zero-order valence-electron chi connectivity index (χ0n) is 15.8. The van der Waals surface area contributed by atoms with Crippen LogP contribution in [-0.4, -0.2) is 28.9 Å². The minimum atomic E-state index is -0.794. The van der Waals surface area contributed by atoms with Gasteiger partial charge in [-0.3, -0.25) is 14.5 Å². The highest BCUT2D eigenvalue weighted by atomic mass is 32.1. The SMILES string of the molecule is COc1ccc([C@H]2C(C(=O)c3cccs3)=C(O)C(=O)N2c2cccc(C)n2)cc1. The number of benzene rings is 1. The zero-order chi connectivity index (χ0) is 20.5. The first-order valence-corrected chi connectivity index (χ1v) is 9.81. The number of methoxy groups -OCH3 is 1. The number of Topliss-reactive ketones (excluding diaryl/α,β-unsaturated/α-hetero) is 1. The molecule has 0 bridgehead atoms. The second-order valence-electron chi connectivity index (χ2n) is 6.56. The summed E-state index contributed by atoms with van der Waals surface area (Å²) in [5.74, 6) is -0.549. The molecule has 7 heteroatoms. The number of amides is 1. The van der Waals surface area contributed by atoms with Crippen LogP contribution < -0.4 is 9.64 Å². The topological polar surface area (TPSA) is 79.7 Å². The number of anilines is 1. The number of aryl methyl sites for hydroxylation is 1. The van der Waals surface area contributed by atoms with Crippen molar-refractivity contribution < 1.29 is 19.4 Å². The molecule has 1 atom stereocenters. The lowest BCUT2D eigenvalue weighted by atomic mass is 9.95. The van der Waals surface area contributed by atoms with Crippen LogP contribution in [0.25, 0.3) is 0 Å². The van der Waals surface area contributed by atoms with Crippen molar-refractivity contribution in [2.24, 2.45) is 0 Å². The molecule has 2 aromatic heterocycles. The van der Waals surface area contributed by atoms with Gasteiger partial charge in [-0.05, 0) is 48.2 Å². The third-order valence-corrected chi connectivity index (χ3v) is 5.62. The Morgan fingerprint density at radius 1 is 1.14 bits per heavy atom. The van der Waals surface area contributed by atoms with Gasteiger partial charge in [0.15, 0.2) is 5.76 Å². The number of ketones is 1. The molecule has 0 unspecified atom stereocenters. The highest BCUT2D eigenvalue weighted by molar-refractivity contribution is 7.12. The second kappa shape index (κ2) is 7.52. The number of nitrogens with zero attached hydrogens (tertiary/aromatic N) is 2. The summed E-state index contributed by atoms with van der Waals surface area (Å²) in [7, 11) is 1.56. The Hall–Kier alpha value is -3.45. The van der Waals surface area contributed by atoms with Gasteiger partial charge >= 0.3 is 0 Å². The fourth-order valence-electron chi connectivity index (χ4n) is 3.38. The predicted octanol–water partition coefficient (Wildman–Crippen LogP) is 4.24. The molecular formula is C22H18N2O4S. The van der Waals surface area contributed by atoms with Gasteiger partial charge in [0.1, 0.15) is 11.6 Å². The Kier molecular flexibility index (Phi) is 4.90. The van der Waals surface area contributed by atoms with Crippen molar-refractivity contribution in [3.05, 3.63) is 87.4 Å². The Balaban J connectivity index is 1.87. The first-order chi connectivity index (χ1) is 14.0. The van der Waals surface area contributed by atoms with Crippen LogP contribution in [0.15, 0.2) is 71.3 Å². The summed E-state index contributed by atoms with van der Waals surface area (Å²) in [6, 6.07) is 15.0. The molecule has 1 amide bonds. The van der Waals surface area contributed by atoms with Crippen molar-refractivity contribution in [3.63, 3.8) is 0 Å². The van der Waals surface area contributed by atoms with E-state index in [0.717, 1.165) is 5.69 Å². The van der Waals surface area contributed by atoms with Crippen molar-refractivity contribution in [3.8, 4) is 5.75 Å². The summed E-state index contributed by atoms with van der Waals surface area (Å²) < 4.78 is 5.21. The molecule has 1 aromatic carbocycles. The summed E-state index contributed by atoms with van der Waals surface area (Å²) in [4.78, 5) is 32.5. The monoisotopic (exact) mass is 406 g/mol. The number of rotatable bonds is 5. The van der Waals surface area contributed by atoms with E-state index in [1.54, 1.807) is 61.0 Å². The molecule has 1 aliphatic heterocycles. The fraction of sp³-hybridized carbons (Fsp3) is 0.136. The van der Waals surface area contributed by atoms with Gasteiger partial charge in [-0.2, -0.15) is 0 Å². The van der Waals surface area contributed by atoms with Crippen LogP contribution in [0.4, 0.5) is 5.82 Å². The van der Waals surface area contributed by atoms with E-state index >= 15 is 0 Å². The highest BCUT2D eigenvalue weighted by Gasteiger charge is 2.45. The fourth-order valence-corrected chi connectivity index (χ4v) is 4.06. The van der Waals surface area contributed by atoms with Crippen LogP contribution >= 0.6 is 11.3 Å². The molecule has 3 aromatic rings. The maximum Gasteiger partial charge on any atom is 0.295 e. The van der Waals surface area contributed by atoms with Gasteiger partial charge < -0.3 is 9.84 Å². The molecule has 0 saturated heterocycles. The van der Waals surface area contributed by atoms with E-state index in [1.807, 2.05) is 13.0 Å². The normalized spacial score (nSPS) is 16.4. The van der Waals surface area contributed by atoms with Gasteiger partial charge in [0, 0.05) is 5.69 Å². The van der Waals surface area contributed by atoms with Gasteiger partial charge in [0.2, 0.25) is 5.78 Å². The Bertz CT molecular complexity index is 1100. The summed E-state index contributed by atoms with van der Waals surface area (Å²) in [5, 5.41) is 12.5. The molecular weight excluding hydrogens is 388 g/mol. The van der Waals surface area contributed by atoms with E-state index in [-0.39, 0.29) is 11.4 Å². The third kappa shape index (κ3) is 3.30. The summed E-state index contributed by atoms with van der Waals surface area (Å²) in [6.07, 6.45) is 0. The highest BCUT2D eigenvalue weighted by Crippen LogP contribution is 2.42. The largest absolute Gasteiger partial charge is 0.503 e. The van der Waals surface area contributed by atoms with Crippen LogP contribution in [0.2, 0.25) is 0 Å². The molecule has 0 saturated carbocycles. The predicted molar refractivity (Wildman–Crippen MR) is 110 cm³/mol. The van der Waals surface area contributed by atoms with Gasteiger partial charge in [-0.25, -0.2) is 4.98 Å². The standard InChI is InChI=1S/C22H18N2O4S/c1-13-5-3-7-17(23-13)24-19(14-8-10-15(28-2)11-9-14)18(21(26)22(24)27)20(25)16-6-4-12-29-16/h3-12,19,26H,1-2H3/t19-/m0/s1. The van der Waals surface area contributed by atoms with E-state index in [0.29, 0.717) is 22.0 Å². The van der Waals surface area contributed by atoms with Crippen LogP contribution in [0.3, 0.4) is 0 Å². The first kappa shape index (κ1) is 18.9. The van der Waals surface area contributed by atoms with Gasteiger partial charge in [0.25, 0.3) is 5.91 Å². The number of pyridine rings is 1. The van der Waals surface area contributed by atoms with Crippen molar-refractivity contribution in [2.45, 2.75) is 13.0 Å². The minimum Gasteiger partial charge on any atom is -0.503 e. The quantitative estimate of drug-likeness (QED) is 0.641. The lowest BCUT2D eigenvalue weighted by Crippen LogP contribution is -2.31. The molecule has 1 N–H and O–H groups in total. The molecule has 4 rings (SSSR count). The summed E-state index contributed by atoms with van der Waals surface area (Å²) in [5.41, 5.74) is 1.44. The van der Waals surface area contributed by atoms with E-state index in [9.17, 15) is 14.7 Å². The Labute approximate surface area is 171 Å². The second-order valence-corrected chi connectivity index (χ2v) is 7.50. The lowest BCUT2D eigenvalue weighted by molar-refractivity contribution is -0.117. The Morgan fingerprint density at radius 3 is 2.52 bits per heavy atom. The smallest absolute Gasteiger partial charge is 0.295 e. The number of thiophene rings is 1. The molecule has 29 heavy (non-hydrogen) atoms. The minimum absolute atomic E-state index is 0.0472. The van der Waals surface area contributed by atoms with Crippen LogP contribution in [-0.2, 0) is 4.79 Å². The average Bonchev–Trinajstić information content (AvgIpc) is 3.35. The maximum absolute atomic E-state index is 13.2. The molecule has 3 heterocycles. The number of aliphatic hydroxyl groups excluding tert-OH is 1. The number of aromatic nitrogens is 1. The number of ether oxygens (including phenoxy) is 1. The maximum atomic E-state index is 13.2. The number of carbonyl (C=O) groups is 2. The number of hydrogen-bond donors (Lipinski definition) is 1. The van der Waals surface area contributed by atoms with Crippen molar-refractivity contribution in [1.82, 2.24) is 4.98 Å². The van der Waals surface area contributed by atoms with Crippen LogP contribution in [0, 0.1) is 6.92 Å². The van der Waals surface area contributed by atoms with E-state index < -0.39 is 17.7 Å². The van der Waals surface area contributed by atoms with Crippen molar-refractivity contribution >= 4 is 28.8 Å². The molecule has 146 valence electrons. The van der Waals surface area contributed by atoms with E-state index in [4.69, 9.17) is 4.74 Å². The summed E-state index contributed by atoms with van der Waals surface area (Å²) >= 11 is 1.26. The number of carbonyl (C=O) groups excluding carboxylic acids is 2. The van der Waals surface area contributed by atoms with Crippen LogP contribution in [0.1, 0.15) is 27.0 Å². The van der Waals surface area contributed by atoms with E-state index in [1.165, 1.54) is 16.2 Å². The van der Waals surface area contributed by atoms with Crippen molar-refractivity contribution in [1.29, 1.82) is 0 Å². The zero-order valence-corrected chi connectivity index (χ0v) is 16.6. The molecule has 0 spiro atoms. The molecule has 6 nitrogen and oxygen atoms in total. The van der Waals surface area contributed by atoms with E-state index in [2.05, 4.69) is 4.98 Å². The van der Waals surface area contributed by atoms with Gasteiger partial charge in [-0.15, -0.1) is 11.3 Å². The van der Waals surface area contributed by atoms with Crippen LogP contribution in [0.5, 0.6) is 5.75 Å². The molecule has 0 radical (unpaired) electrons. The van der Waals surface area contributed by atoms with Crippen molar-refractivity contribution in [2.75, 3.05) is 12.0 Å². The van der Waals surface area contributed by atoms with Gasteiger partial charge in [-0.1, -0.05) is 24.3 Å². The number of aliphatic hydroxyl groups is 1.